The highest BCUT2D eigenvalue weighted by atomic mass is 16.2. The molecule has 1 aromatic heterocycles. The minimum Gasteiger partial charge on any atom is -0.350 e. The SMILES string of the molecule is CC(C)CC(=O)N1CCC(NC(=O)NCCNC(=O)c2cccnc2)CC1. The predicted molar refractivity (Wildman–Crippen MR) is 102 cm³/mol. The van der Waals surface area contributed by atoms with Gasteiger partial charge in [-0.3, -0.25) is 14.6 Å². The molecular formula is C19H29N5O3. The molecule has 8 heteroatoms. The molecule has 148 valence electrons. The fourth-order valence-electron chi connectivity index (χ4n) is 2.94. The van der Waals surface area contributed by atoms with Gasteiger partial charge < -0.3 is 20.9 Å². The summed E-state index contributed by atoms with van der Waals surface area (Å²) in [5, 5.41) is 8.39. The molecular weight excluding hydrogens is 346 g/mol. The molecule has 1 aliphatic heterocycles. The molecule has 2 rings (SSSR count). The molecule has 4 amide bonds. The zero-order chi connectivity index (χ0) is 19.6. The van der Waals surface area contributed by atoms with Gasteiger partial charge >= 0.3 is 6.03 Å². The van der Waals surface area contributed by atoms with E-state index >= 15 is 0 Å². The summed E-state index contributed by atoms with van der Waals surface area (Å²) in [6.07, 6.45) is 5.19. The van der Waals surface area contributed by atoms with Crippen LogP contribution in [0, 0.1) is 5.92 Å². The van der Waals surface area contributed by atoms with Gasteiger partial charge in [0.25, 0.3) is 5.91 Å². The summed E-state index contributed by atoms with van der Waals surface area (Å²) < 4.78 is 0. The number of piperidine rings is 1. The van der Waals surface area contributed by atoms with Crippen LogP contribution in [0.2, 0.25) is 0 Å². The molecule has 3 N–H and O–H groups in total. The van der Waals surface area contributed by atoms with Crippen molar-refractivity contribution in [3.63, 3.8) is 0 Å². The number of hydrogen-bond donors (Lipinski definition) is 3. The number of likely N-dealkylation sites (tertiary alicyclic amines) is 1. The quantitative estimate of drug-likeness (QED) is 0.622. The lowest BCUT2D eigenvalue weighted by Crippen LogP contribution is -2.50. The second kappa shape index (κ2) is 10.5. The van der Waals surface area contributed by atoms with Crippen molar-refractivity contribution in [1.82, 2.24) is 25.8 Å². The average molecular weight is 375 g/mol. The molecule has 27 heavy (non-hydrogen) atoms. The molecule has 0 atom stereocenters. The van der Waals surface area contributed by atoms with E-state index in [1.54, 1.807) is 18.3 Å². The Morgan fingerprint density at radius 2 is 1.89 bits per heavy atom. The van der Waals surface area contributed by atoms with Gasteiger partial charge in [-0.25, -0.2) is 4.79 Å². The van der Waals surface area contributed by atoms with E-state index in [9.17, 15) is 14.4 Å². The lowest BCUT2D eigenvalue weighted by molar-refractivity contribution is -0.133. The van der Waals surface area contributed by atoms with Crippen LogP contribution < -0.4 is 16.0 Å². The summed E-state index contributed by atoms with van der Waals surface area (Å²) in [6.45, 7) is 6.10. The molecule has 1 aromatic rings. The first-order chi connectivity index (χ1) is 13.0. The number of carbonyl (C=O) groups is 3. The van der Waals surface area contributed by atoms with E-state index in [-0.39, 0.29) is 23.9 Å². The highest BCUT2D eigenvalue weighted by molar-refractivity contribution is 5.93. The minimum absolute atomic E-state index is 0.0677. The molecule has 0 spiro atoms. The molecule has 0 aromatic carbocycles. The Labute approximate surface area is 160 Å². The number of rotatable bonds is 7. The van der Waals surface area contributed by atoms with Crippen molar-refractivity contribution in [2.24, 2.45) is 5.92 Å². The number of nitrogens with zero attached hydrogens (tertiary/aromatic N) is 2. The first-order valence-corrected chi connectivity index (χ1v) is 9.46. The van der Waals surface area contributed by atoms with E-state index in [0.717, 1.165) is 12.8 Å². The van der Waals surface area contributed by atoms with Crippen molar-refractivity contribution >= 4 is 17.8 Å². The molecule has 0 bridgehead atoms. The maximum Gasteiger partial charge on any atom is 0.315 e. The predicted octanol–water partition coefficient (Wildman–Crippen LogP) is 1.15. The van der Waals surface area contributed by atoms with Crippen LogP contribution in [0.4, 0.5) is 4.79 Å². The van der Waals surface area contributed by atoms with Crippen molar-refractivity contribution in [1.29, 1.82) is 0 Å². The number of pyridine rings is 1. The summed E-state index contributed by atoms with van der Waals surface area (Å²) >= 11 is 0. The van der Waals surface area contributed by atoms with E-state index in [1.165, 1.54) is 6.20 Å². The lowest BCUT2D eigenvalue weighted by atomic mass is 10.0. The summed E-state index contributed by atoms with van der Waals surface area (Å²) in [7, 11) is 0. The first-order valence-electron chi connectivity index (χ1n) is 9.46. The Kier molecular flexibility index (Phi) is 8.03. The van der Waals surface area contributed by atoms with E-state index in [4.69, 9.17) is 0 Å². The van der Waals surface area contributed by atoms with Crippen LogP contribution in [0.25, 0.3) is 0 Å². The van der Waals surface area contributed by atoms with Gasteiger partial charge in [0.05, 0.1) is 5.56 Å². The van der Waals surface area contributed by atoms with Crippen LogP contribution in [0.15, 0.2) is 24.5 Å². The molecule has 0 aliphatic carbocycles. The average Bonchev–Trinajstić information content (AvgIpc) is 2.65. The Morgan fingerprint density at radius 3 is 2.52 bits per heavy atom. The monoisotopic (exact) mass is 375 g/mol. The topological polar surface area (TPSA) is 103 Å². The van der Waals surface area contributed by atoms with Gasteiger partial charge in [-0.05, 0) is 30.9 Å². The van der Waals surface area contributed by atoms with Crippen molar-refractivity contribution in [2.75, 3.05) is 26.2 Å². The summed E-state index contributed by atoms with van der Waals surface area (Å²) in [6, 6.07) is 3.19. The zero-order valence-corrected chi connectivity index (χ0v) is 16.0. The zero-order valence-electron chi connectivity index (χ0n) is 16.0. The van der Waals surface area contributed by atoms with Crippen molar-refractivity contribution < 1.29 is 14.4 Å². The number of nitrogens with one attached hydrogen (secondary N) is 3. The van der Waals surface area contributed by atoms with Crippen LogP contribution in [0.5, 0.6) is 0 Å². The number of carbonyl (C=O) groups excluding carboxylic acids is 3. The summed E-state index contributed by atoms with van der Waals surface area (Å²) in [4.78, 5) is 41.6. The molecule has 0 radical (unpaired) electrons. The summed E-state index contributed by atoms with van der Waals surface area (Å²) in [5.41, 5.74) is 0.487. The van der Waals surface area contributed by atoms with Gasteiger partial charge in [0, 0.05) is 51.0 Å². The summed E-state index contributed by atoms with van der Waals surface area (Å²) in [5.74, 6) is 0.332. The van der Waals surface area contributed by atoms with Crippen molar-refractivity contribution in [3.05, 3.63) is 30.1 Å². The number of urea groups is 1. The first kappa shape index (κ1) is 20.7. The molecule has 0 unspecified atom stereocenters. The maximum atomic E-state index is 12.1. The highest BCUT2D eigenvalue weighted by Gasteiger charge is 2.23. The number of amides is 4. The van der Waals surface area contributed by atoms with Gasteiger partial charge in [0.2, 0.25) is 5.91 Å². The molecule has 1 fully saturated rings. The Morgan fingerprint density at radius 1 is 1.19 bits per heavy atom. The normalized spacial score (nSPS) is 14.7. The molecule has 0 saturated carbocycles. The number of hydrogen-bond acceptors (Lipinski definition) is 4. The molecule has 1 saturated heterocycles. The maximum absolute atomic E-state index is 12.1. The van der Waals surface area contributed by atoms with E-state index in [0.29, 0.717) is 44.1 Å². The Balaban J connectivity index is 1.59. The standard InChI is InChI=1S/C19H29N5O3/c1-14(2)12-17(25)24-10-5-16(6-11-24)23-19(27)22-9-8-21-18(26)15-4-3-7-20-13-15/h3-4,7,13-14,16H,5-6,8-12H2,1-2H3,(H,21,26)(H2,22,23,27). The van der Waals surface area contributed by atoms with Crippen LogP contribution in [-0.4, -0.2) is 60.0 Å². The van der Waals surface area contributed by atoms with Crippen LogP contribution in [0.3, 0.4) is 0 Å². The van der Waals surface area contributed by atoms with Gasteiger partial charge in [-0.2, -0.15) is 0 Å². The highest BCUT2D eigenvalue weighted by Crippen LogP contribution is 2.13. The Bertz CT molecular complexity index is 627. The van der Waals surface area contributed by atoms with Crippen molar-refractivity contribution in [2.45, 2.75) is 39.2 Å². The molecule has 1 aliphatic rings. The fraction of sp³-hybridized carbons (Fsp3) is 0.579. The van der Waals surface area contributed by atoms with Crippen molar-refractivity contribution in [3.8, 4) is 0 Å². The van der Waals surface area contributed by atoms with Gasteiger partial charge in [-0.1, -0.05) is 13.8 Å². The van der Waals surface area contributed by atoms with Gasteiger partial charge in [0.15, 0.2) is 0 Å². The van der Waals surface area contributed by atoms with E-state index < -0.39 is 0 Å². The van der Waals surface area contributed by atoms with Crippen LogP contribution in [-0.2, 0) is 4.79 Å². The fourth-order valence-corrected chi connectivity index (χ4v) is 2.94. The van der Waals surface area contributed by atoms with E-state index in [2.05, 4.69) is 20.9 Å². The molecule has 8 nitrogen and oxygen atoms in total. The van der Waals surface area contributed by atoms with Gasteiger partial charge in [-0.15, -0.1) is 0 Å². The van der Waals surface area contributed by atoms with Gasteiger partial charge in [0.1, 0.15) is 0 Å². The third-order valence-corrected chi connectivity index (χ3v) is 4.39. The van der Waals surface area contributed by atoms with E-state index in [1.807, 2.05) is 18.7 Å². The van der Waals surface area contributed by atoms with Crippen LogP contribution >= 0.6 is 0 Å². The molecule has 2 heterocycles. The largest absolute Gasteiger partial charge is 0.350 e. The smallest absolute Gasteiger partial charge is 0.315 e. The Hall–Kier alpha value is -2.64. The third-order valence-electron chi connectivity index (χ3n) is 4.39. The minimum atomic E-state index is -0.252. The number of aromatic nitrogens is 1. The third kappa shape index (κ3) is 7.24. The second-order valence-corrected chi connectivity index (χ2v) is 7.15. The lowest BCUT2D eigenvalue weighted by Gasteiger charge is -2.32. The van der Waals surface area contributed by atoms with Crippen LogP contribution in [0.1, 0.15) is 43.5 Å². The second-order valence-electron chi connectivity index (χ2n) is 7.15.